The van der Waals surface area contributed by atoms with Gasteiger partial charge in [0, 0.05) is 12.6 Å². The van der Waals surface area contributed by atoms with Crippen molar-refractivity contribution in [2.24, 2.45) is 5.92 Å². The molecule has 2 atom stereocenters. The largest absolute Gasteiger partial charge is 0.337 e. The summed E-state index contributed by atoms with van der Waals surface area (Å²) in [6.45, 7) is 7.94. The normalized spacial score (nSPS) is 22.3. The van der Waals surface area contributed by atoms with Crippen LogP contribution in [0, 0.1) is 17.2 Å². The summed E-state index contributed by atoms with van der Waals surface area (Å²) in [7, 11) is 1.94. The van der Waals surface area contributed by atoms with Crippen LogP contribution in [-0.2, 0) is 4.79 Å². The number of carbonyl (C=O) groups excluding carboxylic acids is 1. The number of nitrogens with zero attached hydrogens (tertiary/aromatic N) is 2. The summed E-state index contributed by atoms with van der Waals surface area (Å²) in [4.78, 5) is 14.0. The number of hydrogen-bond donors (Lipinski definition) is 2. The van der Waals surface area contributed by atoms with Gasteiger partial charge in [-0.2, -0.15) is 5.26 Å². The van der Waals surface area contributed by atoms with Gasteiger partial charge in [0.2, 0.25) is 5.91 Å². The first-order valence-electron chi connectivity index (χ1n) is 7.01. The SMILES string of the molecule is CC(C)C(C)(C#N)NC(=O)CN(C)CC1CCCN1. The number of likely N-dealkylation sites (N-methyl/N-ethyl adjacent to an activating group) is 1. The smallest absolute Gasteiger partial charge is 0.235 e. The van der Waals surface area contributed by atoms with Crippen molar-refractivity contribution in [2.45, 2.75) is 45.2 Å². The Labute approximate surface area is 116 Å². The minimum atomic E-state index is -0.788. The van der Waals surface area contributed by atoms with Crippen LogP contribution in [0.25, 0.3) is 0 Å². The molecular weight excluding hydrogens is 240 g/mol. The van der Waals surface area contributed by atoms with Gasteiger partial charge < -0.3 is 10.6 Å². The van der Waals surface area contributed by atoms with Crippen LogP contribution in [0.5, 0.6) is 0 Å². The highest BCUT2D eigenvalue weighted by atomic mass is 16.2. The summed E-state index contributed by atoms with van der Waals surface area (Å²) in [6, 6.07) is 2.68. The fourth-order valence-electron chi connectivity index (χ4n) is 2.23. The fraction of sp³-hybridized carbons (Fsp3) is 0.857. The number of hydrogen-bond acceptors (Lipinski definition) is 4. The predicted octanol–water partition coefficient (Wildman–Crippen LogP) is 0.725. The highest BCUT2D eigenvalue weighted by Crippen LogP contribution is 2.15. The van der Waals surface area contributed by atoms with Crippen LogP contribution in [0.4, 0.5) is 0 Å². The predicted molar refractivity (Wildman–Crippen MR) is 75.5 cm³/mol. The molecule has 108 valence electrons. The molecule has 5 nitrogen and oxygen atoms in total. The van der Waals surface area contributed by atoms with Crippen molar-refractivity contribution >= 4 is 5.91 Å². The highest BCUT2D eigenvalue weighted by Gasteiger charge is 2.30. The van der Waals surface area contributed by atoms with Crippen LogP contribution in [0.3, 0.4) is 0 Å². The molecule has 2 unspecified atom stereocenters. The molecule has 0 bridgehead atoms. The van der Waals surface area contributed by atoms with Gasteiger partial charge in [-0.3, -0.25) is 9.69 Å². The molecule has 2 N–H and O–H groups in total. The van der Waals surface area contributed by atoms with E-state index in [-0.39, 0.29) is 11.8 Å². The average Bonchev–Trinajstić information content (AvgIpc) is 2.80. The Kier molecular flexibility index (Phi) is 5.77. The number of nitriles is 1. The number of rotatable bonds is 6. The number of nitrogens with one attached hydrogen (secondary N) is 2. The molecule has 0 aromatic heterocycles. The third-order valence-electron chi connectivity index (χ3n) is 3.89. The van der Waals surface area contributed by atoms with Crippen molar-refractivity contribution < 1.29 is 4.79 Å². The van der Waals surface area contributed by atoms with E-state index >= 15 is 0 Å². The zero-order chi connectivity index (χ0) is 14.5. The van der Waals surface area contributed by atoms with E-state index in [1.807, 2.05) is 25.8 Å². The first-order valence-corrected chi connectivity index (χ1v) is 7.01. The average molecular weight is 266 g/mol. The lowest BCUT2D eigenvalue weighted by molar-refractivity contribution is -0.123. The molecule has 1 amide bonds. The molecule has 1 aliphatic rings. The zero-order valence-electron chi connectivity index (χ0n) is 12.5. The summed E-state index contributed by atoms with van der Waals surface area (Å²) in [5.41, 5.74) is -0.788. The van der Waals surface area contributed by atoms with Gasteiger partial charge >= 0.3 is 0 Å². The maximum atomic E-state index is 12.0. The van der Waals surface area contributed by atoms with Crippen molar-refractivity contribution in [3.05, 3.63) is 0 Å². The highest BCUT2D eigenvalue weighted by molar-refractivity contribution is 5.79. The molecule has 0 saturated carbocycles. The minimum Gasteiger partial charge on any atom is -0.337 e. The standard InChI is InChI=1S/C14H26N4O/c1-11(2)14(3,10-15)17-13(19)9-18(4)8-12-6-5-7-16-12/h11-12,16H,5-9H2,1-4H3,(H,17,19). The van der Waals surface area contributed by atoms with Crippen molar-refractivity contribution in [1.82, 2.24) is 15.5 Å². The maximum absolute atomic E-state index is 12.0. The van der Waals surface area contributed by atoms with Gasteiger partial charge in [0.25, 0.3) is 0 Å². The number of amides is 1. The summed E-state index contributed by atoms with van der Waals surface area (Å²) >= 11 is 0. The van der Waals surface area contributed by atoms with E-state index in [0.717, 1.165) is 13.1 Å². The van der Waals surface area contributed by atoms with Crippen LogP contribution < -0.4 is 10.6 Å². The monoisotopic (exact) mass is 266 g/mol. The molecule has 1 saturated heterocycles. The van der Waals surface area contributed by atoms with E-state index in [4.69, 9.17) is 0 Å². The van der Waals surface area contributed by atoms with E-state index in [2.05, 4.69) is 16.7 Å². The molecule has 1 rings (SSSR count). The van der Waals surface area contributed by atoms with Gasteiger partial charge in [-0.15, -0.1) is 0 Å². The molecule has 1 aliphatic heterocycles. The summed E-state index contributed by atoms with van der Waals surface area (Å²) in [5, 5.41) is 15.4. The Hall–Kier alpha value is -1.12. The van der Waals surface area contributed by atoms with E-state index in [1.54, 1.807) is 6.92 Å². The Morgan fingerprint density at radius 3 is 2.79 bits per heavy atom. The van der Waals surface area contributed by atoms with Crippen LogP contribution >= 0.6 is 0 Å². The van der Waals surface area contributed by atoms with Gasteiger partial charge in [0.15, 0.2) is 0 Å². The summed E-state index contributed by atoms with van der Waals surface area (Å²) in [5.74, 6) is 0.00139. The topological polar surface area (TPSA) is 68.2 Å². The molecule has 0 spiro atoms. The van der Waals surface area contributed by atoms with Crippen LogP contribution in [-0.4, -0.2) is 49.1 Å². The fourth-order valence-corrected chi connectivity index (χ4v) is 2.23. The zero-order valence-corrected chi connectivity index (χ0v) is 12.5. The third kappa shape index (κ3) is 4.81. The van der Waals surface area contributed by atoms with Crippen LogP contribution in [0.15, 0.2) is 0 Å². The molecule has 1 fully saturated rings. The first-order chi connectivity index (χ1) is 8.87. The second-order valence-electron chi connectivity index (χ2n) is 6.01. The van der Waals surface area contributed by atoms with Gasteiger partial charge in [-0.25, -0.2) is 0 Å². The Morgan fingerprint density at radius 1 is 1.63 bits per heavy atom. The van der Waals surface area contributed by atoms with Crippen molar-refractivity contribution in [3.63, 3.8) is 0 Å². The molecule has 0 radical (unpaired) electrons. The molecule has 1 heterocycles. The van der Waals surface area contributed by atoms with Gasteiger partial charge in [0.05, 0.1) is 12.6 Å². The summed E-state index contributed by atoms with van der Waals surface area (Å²) < 4.78 is 0. The minimum absolute atomic E-state index is 0.0850. The van der Waals surface area contributed by atoms with Crippen LogP contribution in [0.1, 0.15) is 33.6 Å². The summed E-state index contributed by atoms with van der Waals surface area (Å²) in [6.07, 6.45) is 2.39. The van der Waals surface area contributed by atoms with Gasteiger partial charge in [-0.05, 0) is 39.3 Å². The Morgan fingerprint density at radius 2 is 2.32 bits per heavy atom. The van der Waals surface area contributed by atoms with E-state index in [0.29, 0.717) is 12.6 Å². The van der Waals surface area contributed by atoms with E-state index in [9.17, 15) is 10.1 Å². The lowest BCUT2D eigenvalue weighted by Gasteiger charge is -2.29. The van der Waals surface area contributed by atoms with Gasteiger partial charge in [0.1, 0.15) is 5.54 Å². The first kappa shape index (κ1) is 15.9. The van der Waals surface area contributed by atoms with E-state index < -0.39 is 5.54 Å². The van der Waals surface area contributed by atoms with Crippen molar-refractivity contribution in [1.29, 1.82) is 5.26 Å². The molecule has 0 aliphatic carbocycles. The number of carbonyl (C=O) groups is 1. The molecule has 0 aromatic rings. The second kappa shape index (κ2) is 6.88. The van der Waals surface area contributed by atoms with E-state index in [1.165, 1.54) is 12.8 Å². The van der Waals surface area contributed by atoms with Crippen LogP contribution in [0.2, 0.25) is 0 Å². The second-order valence-corrected chi connectivity index (χ2v) is 6.01. The maximum Gasteiger partial charge on any atom is 0.235 e. The Bertz CT molecular complexity index is 344. The molecule has 19 heavy (non-hydrogen) atoms. The van der Waals surface area contributed by atoms with Gasteiger partial charge in [-0.1, -0.05) is 13.8 Å². The van der Waals surface area contributed by atoms with Crippen molar-refractivity contribution in [2.75, 3.05) is 26.7 Å². The molecule has 0 aromatic carbocycles. The van der Waals surface area contributed by atoms with Crippen molar-refractivity contribution in [3.8, 4) is 6.07 Å². The lowest BCUT2D eigenvalue weighted by Crippen LogP contribution is -2.52. The Balaban J connectivity index is 2.39. The third-order valence-corrected chi connectivity index (χ3v) is 3.89. The molecular formula is C14H26N4O. The quantitative estimate of drug-likeness (QED) is 0.743. The lowest BCUT2D eigenvalue weighted by atomic mass is 9.90. The molecule has 5 heteroatoms.